The molecule has 0 saturated carbocycles. The van der Waals surface area contributed by atoms with Gasteiger partial charge in [0.2, 0.25) is 0 Å². The minimum absolute atomic E-state index is 1.11. The highest BCUT2D eigenvalue weighted by molar-refractivity contribution is 9.10. The minimum atomic E-state index is 1.11. The van der Waals surface area contributed by atoms with Gasteiger partial charge in [-0.2, -0.15) is 0 Å². The first-order chi connectivity index (χ1) is 9.25. The summed E-state index contributed by atoms with van der Waals surface area (Å²) < 4.78 is 3.39. The predicted molar refractivity (Wildman–Crippen MR) is 87.1 cm³/mol. The van der Waals surface area contributed by atoms with Crippen molar-refractivity contribution in [2.75, 3.05) is 0 Å². The summed E-state index contributed by atoms with van der Waals surface area (Å²) in [5.74, 6) is 0. The second-order valence-corrected chi connectivity index (χ2v) is 5.07. The fourth-order valence-corrected chi connectivity index (χ4v) is 2.49. The van der Waals surface area contributed by atoms with Crippen molar-refractivity contribution in [2.45, 2.75) is 20.8 Å². The van der Waals surface area contributed by atoms with Crippen molar-refractivity contribution < 1.29 is 0 Å². The van der Waals surface area contributed by atoms with Crippen LogP contribution in [-0.4, -0.2) is 4.57 Å². The van der Waals surface area contributed by atoms with Crippen LogP contribution in [0.15, 0.2) is 59.1 Å². The lowest BCUT2D eigenvalue weighted by Gasteiger charge is -2.08. The Morgan fingerprint density at radius 1 is 0.895 bits per heavy atom. The van der Waals surface area contributed by atoms with E-state index in [4.69, 9.17) is 0 Å². The van der Waals surface area contributed by atoms with E-state index in [1.807, 2.05) is 13.8 Å². The molecule has 1 heterocycles. The zero-order valence-corrected chi connectivity index (χ0v) is 13.1. The first kappa shape index (κ1) is 13.9. The van der Waals surface area contributed by atoms with E-state index < -0.39 is 0 Å². The van der Waals surface area contributed by atoms with Crippen molar-refractivity contribution in [3.05, 3.63) is 64.8 Å². The first-order valence-electron chi connectivity index (χ1n) is 6.59. The maximum absolute atomic E-state index is 3.47. The van der Waals surface area contributed by atoms with Gasteiger partial charge in [0.1, 0.15) is 0 Å². The summed E-state index contributed by atoms with van der Waals surface area (Å²) in [6, 6.07) is 19.1. The topological polar surface area (TPSA) is 4.93 Å². The number of hydrogen-bond donors (Lipinski definition) is 0. The van der Waals surface area contributed by atoms with Gasteiger partial charge in [-0.05, 0) is 43.3 Å². The molecule has 0 N–H and O–H groups in total. The van der Waals surface area contributed by atoms with Crippen molar-refractivity contribution in [3.8, 4) is 5.69 Å². The van der Waals surface area contributed by atoms with Crippen molar-refractivity contribution in [1.29, 1.82) is 0 Å². The first-order valence-corrected chi connectivity index (χ1v) is 7.38. The smallest absolute Gasteiger partial charge is 0.0531 e. The van der Waals surface area contributed by atoms with Crippen LogP contribution in [-0.2, 0) is 0 Å². The second kappa shape index (κ2) is 6.07. The molecule has 0 saturated heterocycles. The fraction of sp³-hybridized carbons (Fsp3) is 0.176. The molecule has 3 rings (SSSR count). The molecule has 1 aromatic heterocycles. The number of aromatic nitrogens is 1. The van der Waals surface area contributed by atoms with Crippen LogP contribution in [0.5, 0.6) is 0 Å². The highest BCUT2D eigenvalue weighted by Gasteiger charge is 2.06. The third-order valence-electron chi connectivity index (χ3n) is 2.98. The Morgan fingerprint density at radius 2 is 1.53 bits per heavy atom. The number of hydrogen-bond acceptors (Lipinski definition) is 0. The molecule has 0 aliphatic rings. The Balaban J connectivity index is 0.000000637. The molecular formula is C17H18BrN. The minimum Gasteiger partial charge on any atom is -0.314 e. The summed E-state index contributed by atoms with van der Waals surface area (Å²) in [6.45, 7) is 6.14. The molecule has 0 unspecified atom stereocenters. The van der Waals surface area contributed by atoms with Crippen LogP contribution in [0.1, 0.15) is 19.5 Å². The molecule has 19 heavy (non-hydrogen) atoms. The molecule has 0 aliphatic carbocycles. The Bertz CT molecular complexity index is 665. The molecule has 98 valence electrons. The van der Waals surface area contributed by atoms with E-state index in [2.05, 4.69) is 82.0 Å². The summed E-state index contributed by atoms with van der Waals surface area (Å²) in [6.07, 6.45) is 0. The number of fused-ring (bicyclic) bond motifs is 1. The normalized spacial score (nSPS) is 10.1. The molecule has 0 atom stereocenters. The number of rotatable bonds is 1. The molecule has 3 aromatic rings. The summed E-state index contributed by atoms with van der Waals surface area (Å²) in [5, 5.41) is 1.29. The largest absolute Gasteiger partial charge is 0.314 e. The lowest BCUT2D eigenvalue weighted by Crippen LogP contribution is -1.95. The van der Waals surface area contributed by atoms with Crippen molar-refractivity contribution in [2.24, 2.45) is 0 Å². The standard InChI is InChI=1S/C15H12BrN.C2H6/c1-11-10-12-4-2-3-5-15(12)17(11)14-8-6-13(16)7-9-14;1-2/h2-10H,1H3;1-2H3. The lowest BCUT2D eigenvalue weighted by molar-refractivity contribution is 1.05. The van der Waals surface area contributed by atoms with Gasteiger partial charge in [0.15, 0.2) is 0 Å². The quantitative estimate of drug-likeness (QED) is 0.540. The van der Waals surface area contributed by atoms with E-state index in [0.29, 0.717) is 0 Å². The van der Waals surface area contributed by atoms with Gasteiger partial charge in [-0.3, -0.25) is 0 Å². The van der Waals surface area contributed by atoms with Crippen LogP contribution in [0.2, 0.25) is 0 Å². The molecular weight excluding hydrogens is 298 g/mol. The average molecular weight is 316 g/mol. The van der Waals surface area contributed by atoms with Gasteiger partial charge in [-0.15, -0.1) is 0 Å². The maximum Gasteiger partial charge on any atom is 0.0531 e. The highest BCUT2D eigenvalue weighted by Crippen LogP contribution is 2.24. The number of halogens is 1. The summed E-state index contributed by atoms with van der Waals surface area (Å²) in [7, 11) is 0. The van der Waals surface area contributed by atoms with Crippen LogP contribution in [0.3, 0.4) is 0 Å². The number of aryl methyl sites for hydroxylation is 1. The average Bonchev–Trinajstić information content (AvgIpc) is 2.78. The third kappa shape index (κ3) is 2.74. The molecule has 1 nitrogen and oxygen atoms in total. The van der Waals surface area contributed by atoms with E-state index in [1.54, 1.807) is 0 Å². The monoisotopic (exact) mass is 315 g/mol. The van der Waals surface area contributed by atoms with Gasteiger partial charge in [0.25, 0.3) is 0 Å². The lowest BCUT2D eigenvalue weighted by atomic mass is 10.2. The summed E-state index contributed by atoms with van der Waals surface area (Å²) >= 11 is 3.47. The van der Waals surface area contributed by atoms with Gasteiger partial charge >= 0.3 is 0 Å². The van der Waals surface area contributed by atoms with E-state index >= 15 is 0 Å². The number of para-hydroxylation sites is 1. The Kier molecular flexibility index (Phi) is 4.43. The van der Waals surface area contributed by atoms with Gasteiger partial charge < -0.3 is 4.57 Å². The van der Waals surface area contributed by atoms with Crippen LogP contribution < -0.4 is 0 Å². The fourth-order valence-electron chi connectivity index (χ4n) is 2.23. The molecule has 0 aliphatic heterocycles. The van der Waals surface area contributed by atoms with E-state index in [1.165, 1.54) is 22.3 Å². The third-order valence-corrected chi connectivity index (χ3v) is 3.51. The molecule has 0 bridgehead atoms. The molecule has 0 radical (unpaired) electrons. The second-order valence-electron chi connectivity index (χ2n) is 4.16. The Hall–Kier alpha value is -1.54. The van der Waals surface area contributed by atoms with E-state index in [-0.39, 0.29) is 0 Å². The number of nitrogens with zero attached hydrogens (tertiary/aromatic N) is 1. The van der Waals surface area contributed by atoms with Crippen molar-refractivity contribution in [3.63, 3.8) is 0 Å². The number of benzene rings is 2. The van der Waals surface area contributed by atoms with E-state index in [9.17, 15) is 0 Å². The van der Waals surface area contributed by atoms with Crippen LogP contribution in [0, 0.1) is 6.92 Å². The highest BCUT2D eigenvalue weighted by atomic mass is 79.9. The van der Waals surface area contributed by atoms with Crippen LogP contribution >= 0.6 is 15.9 Å². The molecule has 0 fully saturated rings. The summed E-state index contributed by atoms with van der Waals surface area (Å²) in [4.78, 5) is 0. The van der Waals surface area contributed by atoms with Crippen molar-refractivity contribution >= 4 is 26.8 Å². The zero-order valence-electron chi connectivity index (χ0n) is 11.5. The van der Waals surface area contributed by atoms with E-state index in [0.717, 1.165) is 4.47 Å². The van der Waals surface area contributed by atoms with Gasteiger partial charge in [0.05, 0.1) is 5.52 Å². The Morgan fingerprint density at radius 3 is 2.21 bits per heavy atom. The predicted octanol–water partition coefficient (Wildman–Crippen LogP) is 5.73. The van der Waals surface area contributed by atoms with Gasteiger partial charge in [-0.1, -0.05) is 48.0 Å². The van der Waals surface area contributed by atoms with Crippen LogP contribution in [0.4, 0.5) is 0 Å². The molecule has 0 amide bonds. The van der Waals surface area contributed by atoms with Gasteiger partial charge in [0, 0.05) is 21.2 Å². The van der Waals surface area contributed by atoms with Gasteiger partial charge in [-0.25, -0.2) is 0 Å². The SMILES string of the molecule is CC.Cc1cc2ccccc2n1-c1ccc(Br)cc1. The Labute approximate surface area is 123 Å². The zero-order chi connectivity index (χ0) is 13.8. The molecule has 2 heteroatoms. The van der Waals surface area contributed by atoms with Crippen LogP contribution in [0.25, 0.3) is 16.6 Å². The van der Waals surface area contributed by atoms with Crippen molar-refractivity contribution in [1.82, 2.24) is 4.57 Å². The molecule has 0 spiro atoms. The maximum atomic E-state index is 3.47. The summed E-state index contributed by atoms with van der Waals surface area (Å²) in [5.41, 5.74) is 3.72. The molecule has 2 aromatic carbocycles.